The van der Waals surface area contributed by atoms with Crippen LogP contribution in [0.5, 0.6) is 0 Å². The lowest BCUT2D eigenvalue weighted by Gasteiger charge is -2.29. The van der Waals surface area contributed by atoms with Gasteiger partial charge in [-0.15, -0.1) is 0 Å². The standard InChI is InChI=1S/C12H20N2O2/c1-12(15,10-5-8-16-9-10)6-3-11-4-7-13-14(11)2/h4,7,10,15H,3,5-6,8-9H2,1-2H3. The molecule has 0 amide bonds. The predicted molar refractivity (Wildman–Crippen MR) is 61.1 cm³/mol. The van der Waals surface area contributed by atoms with Gasteiger partial charge < -0.3 is 9.84 Å². The minimum Gasteiger partial charge on any atom is -0.390 e. The van der Waals surface area contributed by atoms with Crippen molar-refractivity contribution in [1.29, 1.82) is 0 Å². The fourth-order valence-corrected chi connectivity index (χ4v) is 2.26. The van der Waals surface area contributed by atoms with Gasteiger partial charge in [-0.2, -0.15) is 5.10 Å². The molecule has 2 rings (SSSR count). The summed E-state index contributed by atoms with van der Waals surface area (Å²) in [5.41, 5.74) is 0.542. The molecule has 2 unspecified atom stereocenters. The van der Waals surface area contributed by atoms with Crippen LogP contribution in [0.2, 0.25) is 0 Å². The highest BCUT2D eigenvalue weighted by atomic mass is 16.5. The number of aliphatic hydroxyl groups is 1. The highest BCUT2D eigenvalue weighted by Crippen LogP contribution is 2.29. The third-order valence-corrected chi connectivity index (χ3v) is 3.62. The van der Waals surface area contributed by atoms with Crippen molar-refractivity contribution in [3.8, 4) is 0 Å². The van der Waals surface area contributed by atoms with E-state index in [1.54, 1.807) is 6.20 Å². The lowest BCUT2D eigenvalue weighted by Crippen LogP contribution is -2.35. The summed E-state index contributed by atoms with van der Waals surface area (Å²) in [6, 6.07) is 2.00. The van der Waals surface area contributed by atoms with Crippen LogP contribution < -0.4 is 0 Å². The van der Waals surface area contributed by atoms with Gasteiger partial charge in [0, 0.05) is 31.5 Å². The van der Waals surface area contributed by atoms with Crippen LogP contribution in [-0.2, 0) is 18.2 Å². The molecule has 1 fully saturated rings. The Labute approximate surface area is 96.2 Å². The van der Waals surface area contributed by atoms with Gasteiger partial charge in [0.05, 0.1) is 12.2 Å². The van der Waals surface area contributed by atoms with Gasteiger partial charge in [0.25, 0.3) is 0 Å². The van der Waals surface area contributed by atoms with E-state index in [1.807, 2.05) is 24.7 Å². The van der Waals surface area contributed by atoms with Crippen molar-refractivity contribution >= 4 is 0 Å². The van der Waals surface area contributed by atoms with Gasteiger partial charge in [-0.25, -0.2) is 0 Å². The molecule has 0 bridgehead atoms. The average molecular weight is 224 g/mol. The van der Waals surface area contributed by atoms with E-state index in [4.69, 9.17) is 4.74 Å². The van der Waals surface area contributed by atoms with Crippen molar-refractivity contribution in [2.45, 2.75) is 31.8 Å². The summed E-state index contributed by atoms with van der Waals surface area (Å²) < 4.78 is 7.19. The SMILES string of the molecule is Cn1nccc1CCC(C)(O)C1CCOC1. The largest absolute Gasteiger partial charge is 0.390 e. The Morgan fingerprint density at radius 3 is 3.06 bits per heavy atom. The van der Waals surface area contributed by atoms with Gasteiger partial charge in [0.1, 0.15) is 0 Å². The summed E-state index contributed by atoms with van der Waals surface area (Å²) >= 11 is 0. The second kappa shape index (κ2) is 4.55. The highest BCUT2D eigenvalue weighted by Gasteiger charge is 2.34. The van der Waals surface area contributed by atoms with E-state index in [9.17, 15) is 5.11 Å². The molecule has 0 saturated carbocycles. The summed E-state index contributed by atoms with van der Waals surface area (Å²) in [7, 11) is 1.93. The van der Waals surface area contributed by atoms with Crippen LogP contribution in [0.3, 0.4) is 0 Å². The van der Waals surface area contributed by atoms with Crippen molar-refractivity contribution in [3.63, 3.8) is 0 Å². The summed E-state index contributed by atoms with van der Waals surface area (Å²) in [5, 5.41) is 14.5. The van der Waals surface area contributed by atoms with Crippen LogP contribution >= 0.6 is 0 Å². The Morgan fingerprint density at radius 2 is 2.50 bits per heavy atom. The van der Waals surface area contributed by atoms with Gasteiger partial charge in [0.2, 0.25) is 0 Å². The second-order valence-electron chi connectivity index (χ2n) is 4.86. The molecular formula is C12H20N2O2. The van der Waals surface area contributed by atoms with Crippen LogP contribution in [0, 0.1) is 5.92 Å². The molecule has 0 radical (unpaired) electrons. The number of aryl methyl sites for hydroxylation is 2. The topological polar surface area (TPSA) is 47.3 Å². The molecular weight excluding hydrogens is 204 g/mol. The maximum absolute atomic E-state index is 10.4. The number of hydrogen-bond donors (Lipinski definition) is 1. The normalized spacial score (nSPS) is 24.6. The van der Waals surface area contributed by atoms with Gasteiger partial charge in [-0.05, 0) is 32.3 Å². The summed E-state index contributed by atoms with van der Waals surface area (Å²) in [4.78, 5) is 0. The number of aromatic nitrogens is 2. The first-order chi connectivity index (χ1) is 7.59. The molecule has 16 heavy (non-hydrogen) atoms. The molecule has 1 aliphatic rings. The zero-order valence-electron chi connectivity index (χ0n) is 10.0. The Morgan fingerprint density at radius 1 is 1.69 bits per heavy atom. The Hall–Kier alpha value is -0.870. The Balaban J connectivity index is 1.91. The molecule has 4 nitrogen and oxygen atoms in total. The minimum atomic E-state index is -0.624. The molecule has 90 valence electrons. The first-order valence-corrected chi connectivity index (χ1v) is 5.86. The highest BCUT2D eigenvalue weighted by molar-refractivity contribution is 5.01. The van der Waals surface area contributed by atoms with Crippen LogP contribution in [0.4, 0.5) is 0 Å². The molecule has 2 heterocycles. The summed E-state index contributed by atoms with van der Waals surface area (Å²) in [5.74, 6) is 0.278. The monoisotopic (exact) mass is 224 g/mol. The third kappa shape index (κ3) is 2.44. The van der Waals surface area contributed by atoms with Gasteiger partial charge in [-0.3, -0.25) is 4.68 Å². The van der Waals surface area contributed by atoms with E-state index in [2.05, 4.69) is 5.10 Å². The first kappa shape index (κ1) is 11.6. The lowest BCUT2D eigenvalue weighted by atomic mass is 9.84. The summed E-state index contributed by atoms with van der Waals surface area (Å²) in [6.07, 6.45) is 4.39. The molecule has 1 N–H and O–H groups in total. The maximum atomic E-state index is 10.4. The third-order valence-electron chi connectivity index (χ3n) is 3.62. The van der Waals surface area contributed by atoms with Crippen molar-refractivity contribution in [1.82, 2.24) is 9.78 Å². The quantitative estimate of drug-likeness (QED) is 0.834. The van der Waals surface area contributed by atoms with Gasteiger partial charge in [-0.1, -0.05) is 0 Å². The molecule has 0 spiro atoms. The van der Waals surface area contributed by atoms with Gasteiger partial charge in [0.15, 0.2) is 0 Å². The Bertz CT molecular complexity index is 341. The van der Waals surface area contributed by atoms with Crippen LogP contribution in [-0.4, -0.2) is 33.7 Å². The van der Waals surface area contributed by atoms with Gasteiger partial charge >= 0.3 is 0 Å². The smallest absolute Gasteiger partial charge is 0.0674 e. The van der Waals surface area contributed by atoms with E-state index in [-0.39, 0.29) is 5.92 Å². The first-order valence-electron chi connectivity index (χ1n) is 5.86. The van der Waals surface area contributed by atoms with E-state index >= 15 is 0 Å². The fraction of sp³-hybridized carbons (Fsp3) is 0.750. The van der Waals surface area contributed by atoms with Crippen LogP contribution in [0.25, 0.3) is 0 Å². The fourth-order valence-electron chi connectivity index (χ4n) is 2.26. The molecule has 0 aromatic carbocycles. The van der Waals surface area contributed by atoms with Crippen LogP contribution in [0.15, 0.2) is 12.3 Å². The number of ether oxygens (including phenoxy) is 1. The zero-order chi connectivity index (χ0) is 11.6. The Kier molecular flexibility index (Phi) is 3.30. The molecule has 1 aromatic rings. The second-order valence-corrected chi connectivity index (χ2v) is 4.86. The van der Waals surface area contributed by atoms with Crippen molar-refractivity contribution < 1.29 is 9.84 Å². The number of hydrogen-bond acceptors (Lipinski definition) is 3. The lowest BCUT2D eigenvalue weighted by molar-refractivity contribution is -0.0123. The molecule has 0 aliphatic carbocycles. The number of rotatable bonds is 4. The minimum absolute atomic E-state index is 0.278. The molecule has 1 saturated heterocycles. The predicted octanol–water partition coefficient (Wildman–Crippen LogP) is 1.14. The van der Waals surface area contributed by atoms with E-state index < -0.39 is 5.60 Å². The zero-order valence-corrected chi connectivity index (χ0v) is 10.0. The molecule has 1 aliphatic heterocycles. The van der Waals surface area contributed by atoms with E-state index in [1.165, 1.54) is 5.69 Å². The molecule has 1 aromatic heterocycles. The molecule has 4 heteroatoms. The van der Waals surface area contributed by atoms with E-state index in [0.717, 1.165) is 25.9 Å². The van der Waals surface area contributed by atoms with E-state index in [0.29, 0.717) is 6.61 Å². The molecule has 2 atom stereocenters. The van der Waals surface area contributed by atoms with Crippen molar-refractivity contribution in [3.05, 3.63) is 18.0 Å². The van der Waals surface area contributed by atoms with Crippen LogP contribution in [0.1, 0.15) is 25.5 Å². The van der Waals surface area contributed by atoms with Crippen molar-refractivity contribution in [2.75, 3.05) is 13.2 Å². The van der Waals surface area contributed by atoms with Crippen molar-refractivity contribution in [2.24, 2.45) is 13.0 Å². The maximum Gasteiger partial charge on any atom is 0.0674 e. The summed E-state index contributed by atoms with van der Waals surface area (Å²) in [6.45, 7) is 3.40. The number of nitrogens with zero attached hydrogens (tertiary/aromatic N) is 2. The average Bonchev–Trinajstić information content (AvgIpc) is 2.85.